The monoisotopic (exact) mass is 296 g/mol. The second-order valence-corrected chi connectivity index (χ2v) is 5.88. The summed E-state index contributed by atoms with van der Waals surface area (Å²) < 4.78 is 0. The Morgan fingerprint density at radius 2 is 2.05 bits per heavy atom. The second kappa shape index (κ2) is 4.88. The van der Waals surface area contributed by atoms with Gasteiger partial charge in [0.15, 0.2) is 5.78 Å². The van der Waals surface area contributed by atoms with Gasteiger partial charge in [0.1, 0.15) is 5.75 Å². The van der Waals surface area contributed by atoms with Crippen molar-refractivity contribution >= 4 is 23.0 Å². The highest BCUT2D eigenvalue weighted by atomic mass is 35.5. The number of benzene rings is 1. The van der Waals surface area contributed by atoms with E-state index in [9.17, 15) is 20.1 Å². The number of aromatic hydroxyl groups is 1. The standard InChI is InChI=1S/C15H17ClO4/c1-7(5-17)10-9-4-15(3,6-18)14(20)11(9)8(2)12(16)13(10)19/h17-19H,1,4-6H2,2-3H3. The number of rotatable bonds is 3. The van der Waals surface area contributed by atoms with E-state index in [1.54, 1.807) is 13.8 Å². The fraction of sp³-hybridized carbons (Fsp3) is 0.400. The molecule has 0 aliphatic heterocycles. The highest BCUT2D eigenvalue weighted by Gasteiger charge is 2.44. The Labute approximate surface area is 122 Å². The van der Waals surface area contributed by atoms with Gasteiger partial charge >= 0.3 is 0 Å². The first-order chi connectivity index (χ1) is 9.28. The fourth-order valence-electron chi connectivity index (χ4n) is 2.74. The van der Waals surface area contributed by atoms with Gasteiger partial charge in [-0.1, -0.05) is 18.2 Å². The van der Waals surface area contributed by atoms with Gasteiger partial charge in [-0.25, -0.2) is 0 Å². The van der Waals surface area contributed by atoms with Gasteiger partial charge in [0.2, 0.25) is 0 Å². The summed E-state index contributed by atoms with van der Waals surface area (Å²) in [7, 11) is 0. The van der Waals surface area contributed by atoms with Crippen LogP contribution >= 0.6 is 11.6 Å². The van der Waals surface area contributed by atoms with Crippen LogP contribution in [0.1, 0.15) is 34.0 Å². The summed E-state index contributed by atoms with van der Waals surface area (Å²) in [6.45, 7) is 6.41. The lowest BCUT2D eigenvalue weighted by Crippen LogP contribution is -2.28. The summed E-state index contributed by atoms with van der Waals surface area (Å²) in [6, 6.07) is 0. The maximum absolute atomic E-state index is 12.5. The zero-order valence-electron chi connectivity index (χ0n) is 11.5. The highest BCUT2D eigenvalue weighted by molar-refractivity contribution is 6.34. The number of ketones is 1. The molecule has 20 heavy (non-hydrogen) atoms. The van der Waals surface area contributed by atoms with E-state index in [1.807, 2.05) is 0 Å². The van der Waals surface area contributed by atoms with Crippen LogP contribution in [0.25, 0.3) is 5.57 Å². The molecule has 1 aliphatic carbocycles. The summed E-state index contributed by atoms with van der Waals surface area (Å²) in [5, 5.41) is 29.0. The summed E-state index contributed by atoms with van der Waals surface area (Å²) in [5.41, 5.74) is 1.23. The van der Waals surface area contributed by atoms with Crippen LogP contribution in [0.5, 0.6) is 5.75 Å². The number of halogens is 1. The fourth-order valence-corrected chi connectivity index (χ4v) is 2.92. The molecule has 0 bridgehead atoms. The number of hydrogen-bond donors (Lipinski definition) is 3. The molecule has 1 unspecified atom stereocenters. The quantitative estimate of drug-likeness (QED) is 0.798. The Morgan fingerprint density at radius 3 is 2.55 bits per heavy atom. The maximum atomic E-state index is 12.5. The van der Waals surface area contributed by atoms with E-state index < -0.39 is 5.41 Å². The number of aliphatic hydroxyl groups is 2. The van der Waals surface area contributed by atoms with Crippen molar-refractivity contribution in [1.29, 1.82) is 0 Å². The minimum Gasteiger partial charge on any atom is -0.506 e. The molecular formula is C15H17ClO4. The number of hydrogen-bond acceptors (Lipinski definition) is 4. The van der Waals surface area contributed by atoms with Gasteiger partial charge < -0.3 is 15.3 Å². The van der Waals surface area contributed by atoms with Crippen molar-refractivity contribution in [3.63, 3.8) is 0 Å². The van der Waals surface area contributed by atoms with E-state index in [0.29, 0.717) is 27.8 Å². The lowest BCUT2D eigenvalue weighted by molar-refractivity contribution is 0.0722. The molecule has 0 aromatic heterocycles. The molecule has 0 amide bonds. The lowest BCUT2D eigenvalue weighted by Gasteiger charge is -2.18. The summed E-state index contributed by atoms with van der Waals surface area (Å²) >= 11 is 6.08. The van der Waals surface area contributed by atoms with E-state index in [1.165, 1.54) is 0 Å². The molecule has 0 heterocycles. The van der Waals surface area contributed by atoms with Crippen LogP contribution in [0, 0.1) is 12.3 Å². The molecule has 1 aromatic carbocycles. The minimum atomic E-state index is -0.922. The minimum absolute atomic E-state index is 0.0869. The molecule has 1 atom stereocenters. The number of fused-ring (bicyclic) bond motifs is 1. The number of carbonyl (C=O) groups is 1. The van der Waals surface area contributed by atoms with Crippen LogP contribution in [0.2, 0.25) is 5.02 Å². The number of carbonyl (C=O) groups excluding carboxylic acids is 1. The summed E-state index contributed by atoms with van der Waals surface area (Å²) in [6.07, 6.45) is 0.289. The van der Waals surface area contributed by atoms with E-state index >= 15 is 0 Å². The van der Waals surface area contributed by atoms with Crippen LogP contribution in [-0.2, 0) is 6.42 Å². The van der Waals surface area contributed by atoms with Crippen LogP contribution in [0.15, 0.2) is 6.58 Å². The van der Waals surface area contributed by atoms with Crippen LogP contribution < -0.4 is 0 Å². The molecule has 0 saturated carbocycles. The van der Waals surface area contributed by atoms with E-state index in [2.05, 4.69) is 6.58 Å². The lowest BCUT2D eigenvalue weighted by atomic mass is 9.86. The number of aliphatic hydroxyl groups excluding tert-OH is 2. The van der Waals surface area contributed by atoms with Crippen LogP contribution in [0.3, 0.4) is 0 Å². The Kier molecular flexibility index (Phi) is 3.67. The van der Waals surface area contributed by atoms with Gasteiger partial charge in [0, 0.05) is 11.1 Å². The smallest absolute Gasteiger partial charge is 0.171 e. The molecule has 2 rings (SSSR count). The molecule has 1 aromatic rings. The molecule has 0 spiro atoms. The Morgan fingerprint density at radius 1 is 1.45 bits per heavy atom. The predicted octanol–water partition coefficient (Wildman–Crippen LogP) is 2.10. The van der Waals surface area contributed by atoms with Crippen molar-refractivity contribution in [2.75, 3.05) is 13.2 Å². The van der Waals surface area contributed by atoms with Gasteiger partial charge in [0.25, 0.3) is 0 Å². The van der Waals surface area contributed by atoms with Crippen molar-refractivity contribution in [1.82, 2.24) is 0 Å². The Bertz CT molecular complexity index is 621. The average molecular weight is 297 g/mol. The first-order valence-corrected chi connectivity index (χ1v) is 6.64. The largest absolute Gasteiger partial charge is 0.506 e. The summed E-state index contributed by atoms with van der Waals surface area (Å²) in [4.78, 5) is 12.5. The molecular weight excluding hydrogens is 280 g/mol. The van der Waals surface area contributed by atoms with Gasteiger partial charge in [-0.05, 0) is 37.0 Å². The SMILES string of the molecule is C=C(CO)c1c(O)c(Cl)c(C)c2c1CC(C)(CO)C2=O. The van der Waals surface area contributed by atoms with Gasteiger partial charge in [-0.2, -0.15) is 0 Å². The third-order valence-electron chi connectivity index (χ3n) is 3.99. The molecule has 3 N–H and O–H groups in total. The van der Waals surface area contributed by atoms with Crippen molar-refractivity contribution < 1.29 is 20.1 Å². The van der Waals surface area contributed by atoms with E-state index in [4.69, 9.17) is 11.6 Å². The normalized spacial score (nSPS) is 21.1. The van der Waals surface area contributed by atoms with Crippen molar-refractivity contribution in [2.45, 2.75) is 20.3 Å². The molecule has 4 nitrogen and oxygen atoms in total. The Balaban J connectivity index is 2.82. The van der Waals surface area contributed by atoms with Crippen LogP contribution in [-0.4, -0.2) is 34.3 Å². The van der Waals surface area contributed by atoms with E-state index in [-0.39, 0.29) is 36.2 Å². The van der Waals surface area contributed by atoms with Gasteiger partial charge in [-0.15, -0.1) is 0 Å². The number of Topliss-reactive ketones (excluding diaryl/α,β-unsaturated/α-hetero) is 1. The molecule has 0 radical (unpaired) electrons. The van der Waals surface area contributed by atoms with Crippen molar-refractivity contribution in [2.24, 2.45) is 5.41 Å². The van der Waals surface area contributed by atoms with Crippen molar-refractivity contribution in [3.8, 4) is 5.75 Å². The van der Waals surface area contributed by atoms with E-state index in [0.717, 1.165) is 0 Å². The summed E-state index contributed by atoms with van der Waals surface area (Å²) in [5.74, 6) is -0.363. The molecule has 1 aliphatic rings. The first kappa shape index (κ1) is 15.0. The average Bonchev–Trinajstić information content (AvgIpc) is 2.69. The zero-order valence-corrected chi connectivity index (χ0v) is 12.2. The number of phenolic OH excluding ortho intramolecular Hbond substituents is 1. The number of phenols is 1. The third kappa shape index (κ3) is 1.87. The topological polar surface area (TPSA) is 77.8 Å². The Hall–Kier alpha value is -1.36. The maximum Gasteiger partial charge on any atom is 0.171 e. The predicted molar refractivity (Wildman–Crippen MR) is 77.2 cm³/mol. The highest BCUT2D eigenvalue weighted by Crippen LogP contribution is 2.47. The first-order valence-electron chi connectivity index (χ1n) is 6.27. The molecule has 108 valence electrons. The van der Waals surface area contributed by atoms with Crippen LogP contribution in [0.4, 0.5) is 0 Å². The molecule has 0 fully saturated rings. The van der Waals surface area contributed by atoms with Gasteiger partial charge in [0.05, 0.1) is 23.7 Å². The molecule has 5 heteroatoms. The van der Waals surface area contributed by atoms with Gasteiger partial charge in [-0.3, -0.25) is 4.79 Å². The van der Waals surface area contributed by atoms with Crippen molar-refractivity contribution in [3.05, 3.63) is 33.9 Å². The molecule has 0 saturated heterocycles. The second-order valence-electron chi connectivity index (χ2n) is 5.50. The zero-order chi connectivity index (χ0) is 15.2. The third-order valence-corrected chi connectivity index (χ3v) is 4.45.